The Morgan fingerprint density at radius 2 is 2.32 bits per heavy atom. The van der Waals surface area contributed by atoms with E-state index in [2.05, 4.69) is 6.07 Å². The average Bonchev–Trinajstić information content (AvgIpc) is 3.24. The van der Waals surface area contributed by atoms with Crippen LogP contribution in [0.2, 0.25) is 0 Å². The largest absolute Gasteiger partial charge is 0.495 e. The first-order valence-corrected chi connectivity index (χ1v) is 6.28. The van der Waals surface area contributed by atoms with Crippen molar-refractivity contribution >= 4 is 11.6 Å². The number of carbonyl (C=O) groups is 1. The summed E-state index contributed by atoms with van der Waals surface area (Å²) in [7, 11) is 1.52. The minimum absolute atomic E-state index is 0.0592. The molecule has 0 radical (unpaired) electrons. The summed E-state index contributed by atoms with van der Waals surface area (Å²) in [6, 6.07) is 7.38. The number of amides is 1. The molecule has 0 aromatic heterocycles. The normalized spacial score (nSPS) is 13.7. The predicted molar refractivity (Wildman–Crippen MR) is 71.7 cm³/mol. The molecule has 1 fully saturated rings. The van der Waals surface area contributed by atoms with Crippen LogP contribution in [0.5, 0.6) is 5.75 Å². The van der Waals surface area contributed by atoms with Gasteiger partial charge in [0.25, 0.3) is 5.91 Å². The highest BCUT2D eigenvalue weighted by Crippen LogP contribution is 2.30. The SMILES string of the molecule is COc1cc(C(=O)N(CCC#N)C2CC2)ccc1N. The molecule has 5 nitrogen and oxygen atoms in total. The molecule has 1 aromatic rings. The van der Waals surface area contributed by atoms with E-state index in [1.165, 1.54) is 7.11 Å². The van der Waals surface area contributed by atoms with Crippen molar-refractivity contribution in [1.29, 1.82) is 5.26 Å². The van der Waals surface area contributed by atoms with Gasteiger partial charge in [0.2, 0.25) is 0 Å². The van der Waals surface area contributed by atoms with E-state index in [1.54, 1.807) is 23.1 Å². The van der Waals surface area contributed by atoms with Gasteiger partial charge in [0, 0.05) is 18.2 Å². The fraction of sp³-hybridized carbons (Fsp3) is 0.429. The maximum absolute atomic E-state index is 12.4. The van der Waals surface area contributed by atoms with Crippen molar-refractivity contribution in [3.8, 4) is 11.8 Å². The number of rotatable bonds is 5. The fourth-order valence-electron chi connectivity index (χ4n) is 2.02. The molecule has 0 bridgehead atoms. The van der Waals surface area contributed by atoms with Crippen LogP contribution in [0.25, 0.3) is 0 Å². The summed E-state index contributed by atoms with van der Waals surface area (Å²) in [5.41, 5.74) is 6.80. The van der Waals surface area contributed by atoms with Crippen molar-refractivity contribution in [3.05, 3.63) is 23.8 Å². The van der Waals surface area contributed by atoms with Gasteiger partial charge in [-0.3, -0.25) is 4.79 Å². The Labute approximate surface area is 112 Å². The molecule has 1 aromatic carbocycles. The highest BCUT2D eigenvalue weighted by atomic mass is 16.5. The number of nitrogen functional groups attached to an aromatic ring is 1. The van der Waals surface area contributed by atoms with Gasteiger partial charge in [-0.2, -0.15) is 5.26 Å². The van der Waals surface area contributed by atoms with Gasteiger partial charge in [-0.05, 0) is 31.0 Å². The molecule has 0 spiro atoms. The second-order valence-corrected chi connectivity index (χ2v) is 4.59. The van der Waals surface area contributed by atoms with Crippen molar-refractivity contribution in [3.63, 3.8) is 0 Å². The molecular formula is C14H17N3O2. The van der Waals surface area contributed by atoms with E-state index in [0.29, 0.717) is 30.0 Å². The summed E-state index contributed by atoms with van der Waals surface area (Å²) in [5, 5.41) is 8.66. The van der Waals surface area contributed by atoms with E-state index < -0.39 is 0 Å². The molecule has 2 rings (SSSR count). The van der Waals surface area contributed by atoms with Crippen molar-refractivity contribution in [2.24, 2.45) is 0 Å². The Bertz CT molecular complexity index is 518. The Balaban J connectivity index is 2.19. The fourth-order valence-corrected chi connectivity index (χ4v) is 2.02. The Morgan fingerprint density at radius 1 is 1.58 bits per heavy atom. The molecule has 0 heterocycles. The third-order valence-corrected chi connectivity index (χ3v) is 3.19. The topological polar surface area (TPSA) is 79.3 Å². The third-order valence-electron chi connectivity index (χ3n) is 3.19. The van der Waals surface area contributed by atoms with E-state index in [-0.39, 0.29) is 11.9 Å². The first-order chi connectivity index (χ1) is 9.17. The summed E-state index contributed by atoms with van der Waals surface area (Å²) in [6.07, 6.45) is 2.39. The van der Waals surface area contributed by atoms with Crippen LogP contribution >= 0.6 is 0 Å². The van der Waals surface area contributed by atoms with Gasteiger partial charge in [-0.15, -0.1) is 0 Å². The number of carbonyl (C=O) groups excluding carboxylic acids is 1. The first-order valence-electron chi connectivity index (χ1n) is 6.28. The van der Waals surface area contributed by atoms with Crippen LogP contribution < -0.4 is 10.5 Å². The van der Waals surface area contributed by atoms with Crippen LogP contribution in [0.15, 0.2) is 18.2 Å². The van der Waals surface area contributed by atoms with Crippen LogP contribution in [-0.2, 0) is 0 Å². The molecule has 1 amide bonds. The van der Waals surface area contributed by atoms with Crippen LogP contribution in [0, 0.1) is 11.3 Å². The molecule has 0 saturated heterocycles. The van der Waals surface area contributed by atoms with Crippen LogP contribution in [0.3, 0.4) is 0 Å². The molecule has 1 aliphatic carbocycles. The average molecular weight is 259 g/mol. The molecule has 2 N–H and O–H groups in total. The molecule has 1 saturated carbocycles. The molecule has 1 aliphatic rings. The van der Waals surface area contributed by atoms with Gasteiger partial charge in [-0.25, -0.2) is 0 Å². The zero-order valence-corrected chi connectivity index (χ0v) is 10.9. The van der Waals surface area contributed by atoms with Gasteiger partial charge < -0.3 is 15.4 Å². The lowest BCUT2D eigenvalue weighted by molar-refractivity contribution is 0.0746. The van der Waals surface area contributed by atoms with E-state index >= 15 is 0 Å². The van der Waals surface area contributed by atoms with E-state index in [4.69, 9.17) is 15.7 Å². The molecule has 100 valence electrons. The van der Waals surface area contributed by atoms with Gasteiger partial charge in [0.05, 0.1) is 25.3 Å². The van der Waals surface area contributed by atoms with Crippen molar-refractivity contribution in [1.82, 2.24) is 4.90 Å². The third kappa shape index (κ3) is 2.97. The van der Waals surface area contributed by atoms with E-state index in [1.807, 2.05) is 0 Å². The van der Waals surface area contributed by atoms with Gasteiger partial charge in [-0.1, -0.05) is 0 Å². The number of anilines is 1. The lowest BCUT2D eigenvalue weighted by Crippen LogP contribution is -2.33. The Kier molecular flexibility index (Phi) is 3.91. The molecular weight excluding hydrogens is 242 g/mol. The smallest absolute Gasteiger partial charge is 0.254 e. The molecule has 0 atom stereocenters. The minimum Gasteiger partial charge on any atom is -0.495 e. The maximum atomic E-state index is 12.4. The lowest BCUT2D eigenvalue weighted by Gasteiger charge is -2.21. The second-order valence-electron chi connectivity index (χ2n) is 4.59. The number of nitrogens with two attached hydrogens (primary N) is 1. The number of nitriles is 1. The number of ether oxygens (including phenoxy) is 1. The molecule has 0 unspecified atom stereocenters. The number of methoxy groups -OCH3 is 1. The quantitative estimate of drug-likeness (QED) is 0.818. The van der Waals surface area contributed by atoms with Crippen LogP contribution in [-0.4, -0.2) is 30.5 Å². The van der Waals surface area contributed by atoms with Crippen molar-refractivity contribution in [2.75, 3.05) is 19.4 Å². The monoisotopic (exact) mass is 259 g/mol. The predicted octanol–water partition coefficient (Wildman–Crippen LogP) is 1.80. The van der Waals surface area contributed by atoms with Gasteiger partial charge >= 0.3 is 0 Å². The first kappa shape index (κ1) is 13.2. The number of nitrogens with zero attached hydrogens (tertiary/aromatic N) is 2. The van der Waals surface area contributed by atoms with Crippen LogP contribution in [0.4, 0.5) is 5.69 Å². The number of hydrogen-bond acceptors (Lipinski definition) is 4. The number of hydrogen-bond donors (Lipinski definition) is 1. The zero-order valence-electron chi connectivity index (χ0n) is 10.9. The summed E-state index contributed by atoms with van der Waals surface area (Å²) in [4.78, 5) is 14.2. The van der Waals surface area contributed by atoms with Crippen LogP contribution in [0.1, 0.15) is 29.6 Å². The summed E-state index contributed by atoms with van der Waals surface area (Å²) < 4.78 is 5.12. The second kappa shape index (κ2) is 5.61. The standard InChI is InChI=1S/C14H17N3O2/c1-19-13-9-10(3-6-12(13)16)14(18)17(8-2-7-15)11-4-5-11/h3,6,9,11H,2,4-5,8,16H2,1H3. The van der Waals surface area contributed by atoms with Crippen molar-refractivity contribution in [2.45, 2.75) is 25.3 Å². The van der Waals surface area contributed by atoms with E-state index in [0.717, 1.165) is 12.8 Å². The summed E-state index contributed by atoms with van der Waals surface area (Å²) in [6.45, 7) is 0.479. The summed E-state index contributed by atoms with van der Waals surface area (Å²) in [5.74, 6) is 0.443. The van der Waals surface area contributed by atoms with Crippen molar-refractivity contribution < 1.29 is 9.53 Å². The summed E-state index contributed by atoms with van der Waals surface area (Å²) >= 11 is 0. The number of benzene rings is 1. The molecule has 5 heteroatoms. The highest BCUT2D eigenvalue weighted by molar-refractivity contribution is 5.95. The molecule has 0 aliphatic heterocycles. The minimum atomic E-state index is -0.0592. The molecule has 19 heavy (non-hydrogen) atoms. The van der Waals surface area contributed by atoms with Gasteiger partial charge in [0.15, 0.2) is 0 Å². The zero-order chi connectivity index (χ0) is 13.8. The lowest BCUT2D eigenvalue weighted by atomic mass is 10.1. The maximum Gasteiger partial charge on any atom is 0.254 e. The highest BCUT2D eigenvalue weighted by Gasteiger charge is 2.32. The van der Waals surface area contributed by atoms with E-state index in [9.17, 15) is 4.79 Å². The Morgan fingerprint density at radius 3 is 2.89 bits per heavy atom. The Hall–Kier alpha value is -2.22. The van der Waals surface area contributed by atoms with Gasteiger partial charge in [0.1, 0.15) is 5.75 Å².